The number of carbonyl (C=O) groups excluding carboxylic acids is 1. The molecule has 14 heavy (non-hydrogen) atoms. The van der Waals surface area contributed by atoms with Crippen LogP contribution in [0.15, 0.2) is 6.07 Å². The monoisotopic (exact) mass is 186 g/mol. The topological polar surface area (TPSA) is 54.9 Å². The minimum absolute atomic E-state index is 0.141. The fourth-order valence-electron chi connectivity index (χ4n) is 1.28. The Kier molecular flexibility index (Phi) is 1.95. The van der Waals surface area contributed by atoms with Crippen molar-refractivity contribution in [2.75, 3.05) is 5.32 Å². The molecule has 0 fully saturated rings. The third-order valence-corrected chi connectivity index (χ3v) is 2.15. The van der Waals surface area contributed by atoms with Crippen LogP contribution in [0, 0.1) is 0 Å². The molecule has 1 N–H and O–H groups in total. The van der Waals surface area contributed by atoms with E-state index in [1.165, 1.54) is 0 Å². The van der Waals surface area contributed by atoms with E-state index in [4.69, 9.17) is 7.49 Å². The van der Waals surface area contributed by atoms with Gasteiger partial charge in [-0.05, 0) is 0 Å². The number of hydrogen-bond acceptors (Lipinski definition) is 3. The average molecular weight is 186 g/mol. The molecule has 2 heterocycles. The van der Waals surface area contributed by atoms with E-state index in [1.807, 2.05) is 19.9 Å². The SMILES string of the molecule is [B]=C1C(=O)Nc2cc(C(C)C)nnc21. The molecule has 1 aliphatic rings. The number of rotatable bonds is 1. The molecule has 4 nitrogen and oxygen atoms in total. The molecule has 0 saturated heterocycles. The van der Waals surface area contributed by atoms with Crippen LogP contribution < -0.4 is 5.32 Å². The van der Waals surface area contributed by atoms with Crippen molar-refractivity contribution in [2.24, 2.45) is 0 Å². The van der Waals surface area contributed by atoms with Crippen LogP contribution >= 0.6 is 0 Å². The van der Waals surface area contributed by atoms with Gasteiger partial charge in [-0.3, -0.25) is 0 Å². The Morgan fingerprint density at radius 3 is 2.79 bits per heavy atom. The number of aromatic nitrogens is 2. The van der Waals surface area contributed by atoms with Crippen molar-refractivity contribution in [3.63, 3.8) is 0 Å². The third-order valence-electron chi connectivity index (χ3n) is 2.15. The Balaban J connectivity index is 2.49. The molecular formula is C9H9BN3O. The molecule has 1 amide bonds. The van der Waals surface area contributed by atoms with Gasteiger partial charge in [0, 0.05) is 0 Å². The molecule has 0 unspecified atom stereocenters. The van der Waals surface area contributed by atoms with Gasteiger partial charge in [0.25, 0.3) is 0 Å². The average Bonchev–Trinajstić information content (AvgIpc) is 2.42. The Hall–Kier alpha value is -1.52. The van der Waals surface area contributed by atoms with E-state index in [2.05, 4.69) is 15.5 Å². The summed E-state index contributed by atoms with van der Waals surface area (Å²) >= 11 is 0. The molecule has 0 atom stereocenters. The van der Waals surface area contributed by atoms with Crippen molar-refractivity contribution in [2.45, 2.75) is 19.8 Å². The van der Waals surface area contributed by atoms with Crippen molar-refractivity contribution in [1.82, 2.24) is 10.2 Å². The van der Waals surface area contributed by atoms with Crippen LogP contribution in [-0.2, 0) is 4.79 Å². The molecule has 1 aliphatic heterocycles. The first-order valence-corrected chi connectivity index (χ1v) is 4.41. The summed E-state index contributed by atoms with van der Waals surface area (Å²) in [5.74, 6) is -0.0123. The van der Waals surface area contributed by atoms with Crippen LogP contribution in [0.5, 0.6) is 0 Å². The minimum atomic E-state index is -0.296. The molecule has 0 spiro atoms. The van der Waals surface area contributed by atoms with Crippen LogP contribution in [0.4, 0.5) is 5.69 Å². The zero-order chi connectivity index (χ0) is 10.3. The van der Waals surface area contributed by atoms with Gasteiger partial charge in [-0.2, -0.15) is 0 Å². The number of carbonyl (C=O) groups is 1. The van der Waals surface area contributed by atoms with Gasteiger partial charge in [-0.25, -0.2) is 0 Å². The molecule has 1 radical (unpaired) electrons. The van der Waals surface area contributed by atoms with E-state index in [1.54, 1.807) is 0 Å². The van der Waals surface area contributed by atoms with Crippen LogP contribution in [-0.4, -0.2) is 29.1 Å². The fourth-order valence-corrected chi connectivity index (χ4v) is 1.28. The standard InChI is InChI=1S/C9H9BN3O/c1-4(2)5-3-6-8(13-12-5)7(10)9(14)11-6/h3-4H,1-2H3,(H,11,14). The molecule has 0 saturated carbocycles. The first-order valence-electron chi connectivity index (χ1n) is 4.41. The number of anilines is 1. The van der Waals surface area contributed by atoms with Crippen molar-refractivity contribution in [3.8, 4) is 0 Å². The number of fused-ring (bicyclic) bond motifs is 1. The molecule has 0 aliphatic carbocycles. The number of nitrogens with zero attached hydrogens (tertiary/aromatic N) is 2. The zero-order valence-electron chi connectivity index (χ0n) is 8.03. The summed E-state index contributed by atoms with van der Waals surface area (Å²) in [5, 5.41) is 10.5. The maximum absolute atomic E-state index is 11.2. The van der Waals surface area contributed by atoms with E-state index in [9.17, 15) is 4.79 Å². The maximum atomic E-state index is 11.2. The molecule has 2 rings (SSSR count). The van der Waals surface area contributed by atoms with Gasteiger partial charge in [-0.1, -0.05) is 0 Å². The van der Waals surface area contributed by atoms with Crippen LogP contribution in [0.3, 0.4) is 0 Å². The van der Waals surface area contributed by atoms with E-state index in [0.717, 1.165) is 5.69 Å². The second-order valence-electron chi connectivity index (χ2n) is 3.55. The van der Waals surface area contributed by atoms with E-state index in [-0.39, 0.29) is 17.3 Å². The van der Waals surface area contributed by atoms with E-state index >= 15 is 0 Å². The third kappa shape index (κ3) is 1.25. The summed E-state index contributed by atoms with van der Waals surface area (Å²) < 4.78 is 0. The quantitative estimate of drug-likeness (QED) is 0.639. The molecule has 5 heteroatoms. The Morgan fingerprint density at radius 2 is 2.14 bits per heavy atom. The second-order valence-corrected chi connectivity index (χ2v) is 3.55. The van der Waals surface area contributed by atoms with Crippen LogP contribution in [0.25, 0.3) is 0 Å². The Labute approximate surface area is 82.8 Å². The van der Waals surface area contributed by atoms with Gasteiger partial charge in [0.1, 0.15) is 0 Å². The van der Waals surface area contributed by atoms with Gasteiger partial charge in [-0.15, -0.1) is 0 Å². The molecule has 0 bridgehead atoms. The molecule has 1 aromatic heterocycles. The molecule has 0 aromatic carbocycles. The van der Waals surface area contributed by atoms with Gasteiger partial charge in [0.15, 0.2) is 0 Å². The fraction of sp³-hybridized carbons (Fsp3) is 0.333. The van der Waals surface area contributed by atoms with E-state index in [0.29, 0.717) is 11.4 Å². The summed E-state index contributed by atoms with van der Waals surface area (Å²) in [6, 6.07) is 1.81. The Bertz CT molecular complexity index is 428. The van der Waals surface area contributed by atoms with E-state index < -0.39 is 0 Å². The Morgan fingerprint density at radius 1 is 1.43 bits per heavy atom. The number of amides is 1. The van der Waals surface area contributed by atoms with Gasteiger partial charge in [0.2, 0.25) is 0 Å². The van der Waals surface area contributed by atoms with Crippen molar-refractivity contribution in [1.29, 1.82) is 0 Å². The predicted octanol–water partition coefficient (Wildman–Crippen LogP) is 0.241. The normalized spacial score (nSPS) is 14.4. The number of hydrogen-bond donors (Lipinski definition) is 1. The molecular weight excluding hydrogens is 177 g/mol. The zero-order valence-corrected chi connectivity index (χ0v) is 8.03. The number of nitrogens with one attached hydrogen (secondary N) is 1. The predicted molar refractivity (Wildman–Crippen MR) is 54.6 cm³/mol. The molecule has 1 aromatic rings. The summed E-state index contributed by atoms with van der Waals surface area (Å²) in [6.45, 7) is 4.03. The van der Waals surface area contributed by atoms with Crippen molar-refractivity contribution >= 4 is 24.5 Å². The van der Waals surface area contributed by atoms with Crippen molar-refractivity contribution in [3.05, 3.63) is 17.5 Å². The van der Waals surface area contributed by atoms with Crippen molar-refractivity contribution < 1.29 is 4.79 Å². The van der Waals surface area contributed by atoms with Gasteiger partial charge < -0.3 is 0 Å². The van der Waals surface area contributed by atoms with Gasteiger partial charge in [0.05, 0.1) is 0 Å². The summed E-state index contributed by atoms with van der Waals surface area (Å²) in [4.78, 5) is 11.2. The van der Waals surface area contributed by atoms with Gasteiger partial charge >= 0.3 is 82.1 Å². The molecule has 69 valence electrons. The van der Waals surface area contributed by atoms with Crippen LogP contribution in [0.1, 0.15) is 31.2 Å². The van der Waals surface area contributed by atoms with Crippen LogP contribution in [0.2, 0.25) is 0 Å². The first-order chi connectivity index (χ1) is 6.59. The first kappa shape index (κ1) is 9.06. The summed E-state index contributed by atoms with van der Waals surface area (Å²) in [7, 11) is 5.52. The summed E-state index contributed by atoms with van der Waals surface area (Å²) in [5.41, 5.74) is 2.10. The summed E-state index contributed by atoms with van der Waals surface area (Å²) in [6.07, 6.45) is 0. The second kappa shape index (κ2) is 3.01.